The maximum absolute atomic E-state index is 12.8. The molecular formula is C26H31ClN4O3. The summed E-state index contributed by atoms with van der Waals surface area (Å²) in [5, 5.41) is 0.594. The lowest BCUT2D eigenvalue weighted by molar-refractivity contribution is -0.136. The molecule has 8 heteroatoms. The third-order valence-corrected chi connectivity index (χ3v) is 7.08. The molecule has 1 aromatic heterocycles. The van der Waals surface area contributed by atoms with Gasteiger partial charge in [-0.15, -0.1) is 0 Å². The number of ketones is 1. The van der Waals surface area contributed by atoms with Crippen LogP contribution in [0.25, 0.3) is 0 Å². The molecular weight excluding hydrogens is 452 g/mol. The first kappa shape index (κ1) is 24.4. The number of Topliss-reactive ketones (excluding diaryl/α,β-unsaturated/α-hetero) is 1. The van der Waals surface area contributed by atoms with Crippen molar-refractivity contribution in [1.82, 2.24) is 14.8 Å². The van der Waals surface area contributed by atoms with Crippen molar-refractivity contribution in [2.24, 2.45) is 11.7 Å². The zero-order valence-electron chi connectivity index (χ0n) is 19.7. The minimum Gasteiger partial charge on any atom is -0.364 e. The summed E-state index contributed by atoms with van der Waals surface area (Å²) >= 11 is 6.43. The van der Waals surface area contributed by atoms with Crippen LogP contribution in [-0.2, 0) is 17.8 Å². The van der Waals surface area contributed by atoms with Crippen LogP contribution in [0.4, 0.5) is 0 Å². The topological polar surface area (TPSA) is 96.6 Å². The number of aromatic nitrogens is 1. The molecule has 1 saturated carbocycles. The van der Waals surface area contributed by atoms with Gasteiger partial charge in [-0.05, 0) is 73.6 Å². The second kappa shape index (κ2) is 10.2. The van der Waals surface area contributed by atoms with Gasteiger partial charge in [-0.3, -0.25) is 24.3 Å². The number of piperazine rings is 1. The van der Waals surface area contributed by atoms with Gasteiger partial charge in [-0.25, -0.2) is 0 Å². The highest BCUT2D eigenvalue weighted by molar-refractivity contribution is 6.30. The Morgan fingerprint density at radius 2 is 1.88 bits per heavy atom. The molecule has 2 aliphatic rings. The van der Waals surface area contributed by atoms with E-state index < -0.39 is 5.91 Å². The number of nitrogens with zero attached hydrogens (tertiary/aromatic N) is 3. The lowest BCUT2D eigenvalue weighted by Gasteiger charge is -2.40. The van der Waals surface area contributed by atoms with Crippen molar-refractivity contribution in [3.63, 3.8) is 0 Å². The van der Waals surface area contributed by atoms with Crippen molar-refractivity contribution in [2.45, 2.75) is 52.1 Å². The van der Waals surface area contributed by atoms with E-state index in [-0.39, 0.29) is 29.8 Å². The van der Waals surface area contributed by atoms with Crippen LogP contribution in [0, 0.1) is 12.8 Å². The van der Waals surface area contributed by atoms with Crippen molar-refractivity contribution >= 4 is 29.2 Å². The van der Waals surface area contributed by atoms with Crippen molar-refractivity contribution in [1.29, 1.82) is 0 Å². The normalized spacial score (nSPS) is 18.7. The van der Waals surface area contributed by atoms with E-state index in [0.717, 1.165) is 42.9 Å². The maximum Gasteiger partial charge on any atom is 0.267 e. The van der Waals surface area contributed by atoms with Crippen molar-refractivity contribution < 1.29 is 14.4 Å². The van der Waals surface area contributed by atoms with Crippen LogP contribution in [0.3, 0.4) is 0 Å². The number of amides is 2. The molecule has 34 heavy (non-hydrogen) atoms. The van der Waals surface area contributed by atoms with E-state index in [9.17, 15) is 14.4 Å². The number of halogens is 1. The molecule has 2 fully saturated rings. The average Bonchev–Trinajstić information content (AvgIpc) is 3.61. The summed E-state index contributed by atoms with van der Waals surface area (Å²) in [6.45, 7) is 7.22. The third kappa shape index (κ3) is 5.83. The first-order valence-corrected chi connectivity index (χ1v) is 12.2. The van der Waals surface area contributed by atoms with Crippen molar-refractivity contribution in [3.05, 3.63) is 63.4 Å². The molecule has 0 radical (unpaired) electrons. The summed E-state index contributed by atoms with van der Waals surface area (Å²) in [7, 11) is 0. The van der Waals surface area contributed by atoms with Gasteiger partial charge in [0, 0.05) is 61.8 Å². The first-order chi connectivity index (χ1) is 16.2. The highest BCUT2D eigenvalue weighted by atomic mass is 35.5. The van der Waals surface area contributed by atoms with Crippen LogP contribution < -0.4 is 5.73 Å². The highest BCUT2D eigenvalue weighted by Crippen LogP contribution is 2.33. The standard InChI is InChI=1S/C26H31ClN4O3/c1-16-14-30(7-8-31(16)25(33)9-18-3-4-18)15-21-11-22(27)10-20(17(21)2)12-24(32)19-5-6-23(26(28)34)29-13-19/h5-6,10-11,13,16,18H,3-4,7-9,12,14-15H2,1-2H3,(H2,28,34)/t16-/m0/s1. The maximum atomic E-state index is 12.8. The summed E-state index contributed by atoms with van der Waals surface area (Å²) in [5.41, 5.74) is 8.77. The molecule has 1 atom stereocenters. The number of carbonyl (C=O) groups is 3. The summed E-state index contributed by atoms with van der Waals surface area (Å²) in [6.07, 6.45) is 4.64. The molecule has 0 unspecified atom stereocenters. The number of carbonyl (C=O) groups excluding carboxylic acids is 3. The average molecular weight is 483 g/mol. The van der Waals surface area contributed by atoms with Gasteiger partial charge in [0.15, 0.2) is 5.78 Å². The monoisotopic (exact) mass is 482 g/mol. The van der Waals surface area contributed by atoms with E-state index in [2.05, 4.69) is 16.8 Å². The number of hydrogen-bond donors (Lipinski definition) is 1. The van der Waals surface area contributed by atoms with Crippen LogP contribution in [-0.4, -0.2) is 58.1 Å². The largest absolute Gasteiger partial charge is 0.364 e. The van der Waals surface area contributed by atoms with Gasteiger partial charge in [-0.2, -0.15) is 0 Å². The fourth-order valence-electron chi connectivity index (χ4n) is 4.60. The molecule has 0 spiro atoms. The van der Waals surface area contributed by atoms with E-state index >= 15 is 0 Å². The molecule has 4 rings (SSSR count). The number of rotatable bonds is 8. The fourth-order valence-corrected chi connectivity index (χ4v) is 4.86. The number of nitrogens with two attached hydrogens (primary N) is 1. The Kier molecular flexibility index (Phi) is 7.33. The molecule has 2 amide bonds. The number of hydrogen-bond acceptors (Lipinski definition) is 5. The SMILES string of the molecule is Cc1c(CC(=O)c2ccc(C(N)=O)nc2)cc(Cl)cc1CN1CCN(C(=O)CC2CC2)[C@@H](C)C1. The molecule has 7 nitrogen and oxygen atoms in total. The van der Waals surface area contributed by atoms with E-state index in [0.29, 0.717) is 22.9 Å². The zero-order chi connectivity index (χ0) is 24.4. The molecule has 1 aromatic carbocycles. The minimum atomic E-state index is -0.628. The van der Waals surface area contributed by atoms with Crippen molar-refractivity contribution in [2.75, 3.05) is 19.6 Å². The molecule has 2 aromatic rings. The molecule has 2 N–H and O–H groups in total. The van der Waals surface area contributed by atoms with Gasteiger partial charge < -0.3 is 10.6 Å². The fraction of sp³-hybridized carbons (Fsp3) is 0.462. The van der Waals surface area contributed by atoms with Gasteiger partial charge in [0.05, 0.1) is 0 Å². The Balaban J connectivity index is 1.41. The van der Waals surface area contributed by atoms with Crippen LogP contribution in [0.2, 0.25) is 5.02 Å². The Bertz CT molecular complexity index is 1100. The lowest BCUT2D eigenvalue weighted by Crippen LogP contribution is -2.53. The van der Waals surface area contributed by atoms with E-state index in [1.807, 2.05) is 24.0 Å². The Morgan fingerprint density at radius 1 is 1.15 bits per heavy atom. The Morgan fingerprint density at radius 3 is 2.50 bits per heavy atom. The van der Waals surface area contributed by atoms with Crippen molar-refractivity contribution in [3.8, 4) is 0 Å². The second-order valence-electron chi connectivity index (χ2n) is 9.56. The van der Waals surface area contributed by atoms with Gasteiger partial charge in [-0.1, -0.05) is 11.6 Å². The summed E-state index contributed by atoms with van der Waals surface area (Å²) in [4.78, 5) is 45.0. The molecule has 1 aliphatic heterocycles. The summed E-state index contributed by atoms with van der Waals surface area (Å²) < 4.78 is 0. The highest BCUT2D eigenvalue weighted by Gasteiger charge is 2.32. The number of primary amides is 1. The molecule has 1 saturated heterocycles. The van der Waals surface area contributed by atoms with E-state index in [1.165, 1.54) is 25.1 Å². The van der Waals surface area contributed by atoms with E-state index in [1.54, 1.807) is 6.07 Å². The second-order valence-corrected chi connectivity index (χ2v) is 10.0. The number of pyridine rings is 1. The quantitative estimate of drug-likeness (QED) is 0.581. The van der Waals surface area contributed by atoms with Crippen LogP contribution in [0.5, 0.6) is 0 Å². The predicted molar refractivity (Wildman–Crippen MR) is 131 cm³/mol. The molecule has 180 valence electrons. The predicted octanol–water partition coefficient (Wildman–Crippen LogP) is 3.40. The smallest absolute Gasteiger partial charge is 0.267 e. The van der Waals surface area contributed by atoms with Gasteiger partial charge in [0.25, 0.3) is 5.91 Å². The number of benzene rings is 1. The zero-order valence-corrected chi connectivity index (χ0v) is 20.5. The summed E-state index contributed by atoms with van der Waals surface area (Å²) in [5.74, 6) is 0.158. The summed E-state index contributed by atoms with van der Waals surface area (Å²) in [6, 6.07) is 7.00. The molecule has 0 bridgehead atoms. The van der Waals surface area contributed by atoms with Crippen LogP contribution in [0.1, 0.15) is 63.7 Å². The first-order valence-electron chi connectivity index (χ1n) is 11.8. The molecule has 2 heterocycles. The Labute approximate surface area is 205 Å². The van der Waals surface area contributed by atoms with Gasteiger partial charge in [0.2, 0.25) is 5.91 Å². The van der Waals surface area contributed by atoms with Crippen LogP contribution >= 0.6 is 11.6 Å². The Hall–Kier alpha value is -2.77. The van der Waals surface area contributed by atoms with Crippen LogP contribution in [0.15, 0.2) is 30.5 Å². The lowest BCUT2D eigenvalue weighted by atomic mass is 9.96. The van der Waals surface area contributed by atoms with E-state index in [4.69, 9.17) is 17.3 Å². The van der Waals surface area contributed by atoms with Gasteiger partial charge >= 0.3 is 0 Å². The molecule has 1 aliphatic carbocycles. The minimum absolute atomic E-state index is 0.101. The van der Waals surface area contributed by atoms with Gasteiger partial charge in [0.1, 0.15) is 5.69 Å². The third-order valence-electron chi connectivity index (χ3n) is 6.86.